The normalized spacial score (nSPS) is 10.9. The van der Waals surface area contributed by atoms with Crippen molar-refractivity contribution in [3.8, 4) is 35.7 Å². The molecule has 0 aromatic heterocycles. The van der Waals surface area contributed by atoms with Crippen molar-refractivity contribution in [2.75, 3.05) is 26.9 Å². The summed E-state index contributed by atoms with van der Waals surface area (Å²) in [4.78, 5) is 12.7. The molecule has 0 saturated heterocycles. The summed E-state index contributed by atoms with van der Waals surface area (Å²) >= 11 is 3.40. The number of carbonyl (C=O) groups excluding carboxylic acids is 1. The molecule has 5 nitrogen and oxygen atoms in total. The van der Waals surface area contributed by atoms with Gasteiger partial charge in [-0.15, -0.1) is 12.3 Å². The lowest BCUT2D eigenvalue weighted by Gasteiger charge is -2.17. The molecule has 156 valence electrons. The lowest BCUT2D eigenvalue weighted by molar-refractivity contribution is -0.132. The lowest BCUT2D eigenvalue weighted by atomic mass is 10.1. The first-order valence-electron chi connectivity index (χ1n) is 9.36. The second-order valence-electron chi connectivity index (χ2n) is 6.19. The van der Waals surface area contributed by atoms with Crippen LogP contribution in [0.15, 0.2) is 46.9 Å². The SMILES string of the molecule is C#CCOc1ccc(CCNC(=O)C(OCC#CC)c2ccc(Br)cc2)cc1OC. The molecule has 30 heavy (non-hydrogen) atoms. The highest BCUT2D eigenvalue weighted by atomic mass is 79.9. The number of ether oxygens (including phenoxy) is 3. The number of amides is 1. The van der Waals surface area contributed by atoms with Crippen LogP contribution >= 0.6 is 15.9 Å². The van der Waals surface area contributed by atoms with Crippen molar-refractivity contribution in [3.63, 3.8) is 0 Å². The number of halogens is 1. The molecule has 0 aliphatic heterocycles. The van der Waals surface area contributed by atoms with Gasteiger partial charge < -0.3 is 19.5 Å². The summed E-state index contributed by atoms with van der Waals surface area (Å²) in [5, 5.41) is 2.94. The molecular formula is C24H24BrNO4. The fourth-order valence-corrected chi connectivity index (χ4v) is 2.95. The van der Waals surface area contributed by atoms with Crippen molar-refractivity contribution < 1.29 is 19.0 Å². The van der Waals surface area contributed by atoms with E-state index in [0.29, 0.717) is 24.5 Å². The van der Waals surface area contributed by atoms with Crippen LogP contribution in [-0.2, 0) is 16.0 Å². The predicted molar refractivity (Wildman–Crippen MR) is 120 cm³/mol. The van der Waals surface area contributed by atoms with Crippen LogP contribution in [0.1, 0.15) is 24.2 Å². The number of hydrogen-bond donors (Lipinski definition) is 1. The molecule has 0 radical (unpaired) electrons. The van der Waals surface area contributed by atoms with Crippen molar-refractivity contribution in [3.05, 3.63) is 58.1 Å². The van der Waals surface area contributed by atoms with E-state index in [9.17, 15) is 4.79 Å². The number of methoxy groups -OCH3 is 1. The smallest absolute Gasteiger partial charge is 0.253 e. The Morgan fingerprint density at radius 2 is 1.93 bits per heavy atom. The van der Waals surface area contributed by atoms with Gasteiger partial charge in [0.2, 0.25) is 0 Å². The van der Waals surface area contributed by atoms with E-state index in [1.165, 1.54) is 0 Å². The Hall–Kier alpha value is -2.93. The summed E-state index contributed by atoms with van der Waals surface area (Å²) in [7, 11) is 1.57. The van der Waals surface area contributed by atoms with E-state index < -0.39 is 6.10 Å². The van der Waals surface area contributed by atoms with Crippen LogP contribution < -0.4 is 14.8 Å². The zero-order chi connectivity index (χ0) is 21.8. The largest absolute Gasteiger partial charge is 0.493 e. The van der Waals surface area contributed by atoms with Gasteiger partial charge in [0.1, 0.15) is 13.2 Å². The maximum absolute atomic E-state index is 12.7. The Morgan fingerprint density at radius 3 is 2.60 bits per heavy atom. The van der Waals surface area contributed by atoms with E-state index in [4.69, 9.17) is 20.6 Å². The summed E-state index contributed by atoms with van der Waals surface area (Å²) in [6.45, 7) is 2.53. The highest BCUT2D eigenvalue weighted by molar-refractivity contribution is 9.10. The molecule has 0 spiro atoms. The molecule has 6 heteroatoms. The number of nitrogens with one attached hydrogen (secondary N) is 1. The number of hydrogen-bond acceptors (Lipinski definition) is 4. The predicted octanol–water partition coefficient (Wildman–Crippen LogP) is 3.91. The molecule has 0 bridgehead atoms. The zero-order valence-electron chi connectivity index (χ0n) is 17.0. The summed E-state index contributed by atoms with van der Waals surface area (Å²) in [5.74, 6) is 9.00. The van der Waals surface area contributed by atoms with E-state index in [1.54, 1.807) is 14.0 Å². The first kappa shape index (κ1) is 23.3. The van der Waals surface area contributed by atoms with Crippen LogP contribution in [0.3, 0.4) is 0 Å². The third kappa shape index (κ3) is 7.15. The summed E-state index contributed by atoms with van der Waals surface area (Å²) in [5.41, 5.74) is 1.77. The summed E-state index contributed by atoms with van der Waals surface area (Å²) in [6.07, 6.45) is 5.12. The topological polar surface area (TPSA) is 56.8 Å². The minimum absolute atomic E-state index is 0.172. The monoisotopic (exact) mass is 469 g/mol. The van der Waals surface area contributed by atoms with Crippen LogP contribution in [0.4, 0.5) is 0 Å². The average molecular weight is 470 g/mol. The number of rotatable bonds is 10. The molecule has 2 rings (SSSR count). The Bertz CT molecular complexity index is 938. The molecular weight excluding hydrogens is 446 g/mol. The molecule has 0 saturated carbocycles. The van der Waals surface area contributed by atoms with E-state index >= 15 is 0 Å². The molecule has 0 aliphatic carbocycles. The minimum atomic E-state index is -0.729. The zero-order valence-corrected chi connectivity index (χ0v) is 18.6. The van der Waals surface area contributed by atoms with E-state index in [1.807, 2.05) is 42.5 Å². The van der Waals surface area contributed by atoms with Gasteiger partial charge in [0, 0.05) is 11.0 Å². The maximum atomic E-state index is 12.7. The molecule has 2 aromatic rings. The van der Waals surface area contributed by atoms with Gasteiger partial charge in [0.25, 0.3) is 5.91 Å². The molecule has 1 amide bonds. The summed E-state index contributed by atoms with van der Waals surface area (Å²) in [6, 6.07) is 13.1. The van der Waals surface area contributed by atoms with Gasteiger partial charge >= 0.3 is 0 Å². The van der Waals surface area contributed by atoms with E-state index in [2.05, 4.69) is 39.0 Å². The molecule has 2 aromatic carbocycles. The number of carbonyl (C=O) groups is 1. The standard InChI is InChI=1S/C24H24BrNO4/c1-4-6-16-30-23(19-8-10-20(25)11-9-19)24(27)26-14-13-18-7-12-21(29-15-5-2)22(17-18)28-3/h2,7-12,17,23H,13-16H2,1,3H3,(H,26,27). The van der Waals surface area contributed by atoms with Crippen molar-refractivity contribution in [2.45, 2.75) is 19.4 Å². The van der Waals surface area contributed by atoms with Crippen LogP contribution in [0, 0.1) is 24.2 Å². The Labute approximate surface area is 186 Å². The molecule has 0 aliphatic rings. The van der Waals surface area contributed by atoms with Gasteiger partial charge in [-0.05, 0) is 48.7 Å². The molecule has 1 N–H and O–H groups in total. The van der Waals surface area contributed by atoms with Gasteiger partial charge in [0.05, 0.1) is 7.11 Å². The van der Waals surface area contributed by atoms with Crippen LogP contribution in [0.2, 0.25) is 0 Å². The molecule has 1 unspecified atom stereocenters. The molecule has 0 fully saturated rings. The third-order valence-electron chi connectivity index (χ3n) is 4.16. The Morgan fingerprint density at radius 1 is 1.17 bits per heavy atom. The fraction of sp³-hybridized carbons (Fsp3) is 0.292. The quantitative estimate of drug-likeness (QED) is 0.536. The van der Waals surface area contributed by atoms with E-state index in [-0.39, 0.29) is 19.1 Å². The third-order valence-corrected chi connectivity index (χ3v) is 4.69. The summed E-state index contributed by atoms with van der Waals surface area (Å²) < 4.78 is 17.4. The lowest BCUT2D eigenvalue weighted by Crippen LogP contribution is -2.32. The van der Waals surface area contributed by atoms with Crippen molar-refractivity contribution in [1.29, 1.82) is 0 Å². The first-order valence-corrected chi connectivity index (χ1v) is 10.2. The van der Waals surface area contributed by atoms with Crippen molar-refractivity contribution in [1.82, 2.24) is 5.32 Å². The molecule has 1 atom stereocenters. The van der Waals surface area contributed by atoms with Crippen LogP contribution in [0.25, 0.3) is 0 Å². The van der Waals surface area contributed by atoms with Crippen LogP contribution in [0.5, 0.6) is 11.5 Å². The maximum Gasteiger partial charge on any atom is 0.253 e. The fourth-order valence-electron chi connectivity index (χ4n) is 2.69. The average Bonchev–Trinajstić information content (AvgIpc) is 2.76. The van der Waals surface area contributed by atoms with Gasteiger partial charge in [-0.1, -0.05) is 46.0 Å². The van der Waals surface area contributed by atoms with Crippen molar-refractivity contribution >= 4 is 21.8 Å². The Balaban J connectivity index is 1.99. The van der Waals surface area contributed by atoms with Gasteiger partial charge in [-0.3, -0.25) is 4.79 Å². The first-order chi connectivity index (χ1) is 14.6. The highest BCUT2D eigenvalue weighted by Crippen LogP contribution is 2.28. The minimum Gasteiger partial charge on any atom is -0.493 e. The Kier molecular flexibility index (Phi) is 9.80. The highest BCUT2D eigenvalue weighted by Gasteiger charge is 2.21. The van der Waals surface area contributed by atoms with Crippen LogP contribution in [-0.4, -0.2) is 32.8 Å². The second-order valence-corrected chi connectivity index (χ2v) is 7.10. The van der Waals surface area contributed by atoms with Gasteiger partial charge in [0.15, 0.2) is 17.6 Å². The molecule has 0 heterocycles. The second kappa shape index (κ2) is 12.6. The van der Waals surface area contributed by atoms with Crippen molar-refractivity contribution in [2.24, 2.45) is 0 Å². The van der Waals surface area contributed by atoms with Gasteiger partial charge in [-0.2, -0.15) is 0 Å². The number of benzene rings is 2. The van der Waals surface area contributed by atoms with Gasteiger partial charge in [-0.25, -0.2) is 0 Å². The van der Waals surface area contributed by atoms with E-state index in [0.717, 1.165) is 15.6 Å². The number of terminal acetylenes is 1.